The summed E-state index contributed by atoms with van der Waals surface area (Å²) in [6.07, 6.45) is 0.354. The summed E-state index contributed by atoms with van der Waals surface area (Å²) in [5, 5.41) is 0. The Morgan fingerprint density at radius 3 is 2.03 bits per heavy atom. The Morgan fingerprint density at radius 1 is 0.833 bits per heavy atom. The van der Waals surface area contributed by atoms with Gasteiger partial charge in [0.05, 0.1) is 18.6 Å². The highest BCUT2D eigenvalue weighted by Gasteiger charge is 2.15. The van der Waals surface area contributed by atoms with Gasteiger partial charge in [-0.2, -0.15) is 8.42 Å². The van der Waals surface area contributed by atoms with Crippen LogP contribution in [0.4, 0.5) is 0 Å². The molecule has 0 atom stereocenters. The van der Waals surface area contributed by atoms with Crippen LogP contribution in [0.5, 0.6) is 17.2 Å². The summed E-state index contributed by atoms with van der Waals surface area (Å²) in [7, 11) is -2.63. The Balaban J connectivity index is 1.53. The first-order valence-electron chi connectivity index (χ1n) is 9.41. The topological polar surface area (TPSA) is 82.1 Å². The summed E-state index contributed by atoms with van der Waals surface area (Å²) in [6, 6.07) is 19.7. The van der Waals surface area contributed by atoms with Crippen LogP contribution in [0, 0.1) is 6.92 Å². The molecule has 3 aromatic rings. The molecule has 0 radical (unpaired) electrons. The molecule has 1 N–H and O–H groups in total. The smallest absolute Gasteiger partial charge is 0.294 e. The number of benzene rings is 3. The molecule has 0 bridgehead atoms. The van der Waals surface area contributed by atoms with Gasteiger partial charge in [0.15, 0.2) is 0 Å². The van der Waals surface area contributed by atoms with Crippen LogP contribution in [-0.4, -0.2) is 26.7 Å². The summed E-state index contributed by atoms with van der Waals surface area (Å²) in [5.41, 5.74) is 2.47. The lowest BCUT2D eigenvalue weighted by Gasteiger charge is -2.11. The highest BCUT2D eigenvalue weighted by Crippen LogP contribution is 2.21. The van der Waals surface area contributed by atoms with Crippen molar-refractivity contribution in [2.75, 3.05) is 13.7 Å². The van der Waals surface area contributed by atoms with Crippen molar-refractivity contribution in [1.29, 1.82) is 0 Å². The van der Waals surface area contributed by atoms with Gasteiger partial charge in [-0.05, 0) is 60.5 Å². The van der Waals surface area contributed by atoms with Crippen LogP contribution in [0.3, 0.4) is 0 Å². The first-order valence-corrected chi connectivity index (χ1v) is 10.8. The fraction of sp³-hybridized carbons (Fsp3) is 0.217. The molecule has 0 amide bonds. The third-order valence-corrected chi connectivity index (χ3v) is 5.48. The van der Waals surface area contributed by atoms with Crippen molar-refractivity contribution in [1.82, 2.24) is 0 Å². The molecular formula is C23H24O6S. The van der Waals surface area contributed by atoms with Gasteiger partial charge in [0.2, 0.25) is 0 Å². The molecule has 0 aliphatic carbocycles. The predicted octanol–water partition coefficient (Wildman–Crippen LogP) is 4.45. The minimum atomic E-state index is -4.26. The van der Waals surface area contributed by atoms with Gasteiger partial charge in [0.25, 0.3) is 10.1 Å². The van der Waals surface area contributed by atoms with Crippen LogP contribution >= 0.6 is 0 Å². The van der Waals surface area contributed by atoms with Crippen molar-refractivity contribution < 1.29 is 27.2 Å². The fourth-order valence-corrected chi connectivity index (χ4v) is 3.69. The molecule has 0 saturated carbocycles. The van der Waals surface area contributed by atoms with Crippen molar-refractivity contribution in [2.24, 2.45) is 0 Å². The Kier molecular flexibility index (Phi) is 6.97. The Labute approximate surface area is 176 Å². The van der Waals surface area contributed by atoms with Crippen LogP contribution in [0.25, 0.3) is 0 Å². The van der Waals surface area contributed by atoms with Crippen LogP contribution in [0.2, 0.25) is 0 Å². The zero-order valence-electron chi connectivity index (χ0n) is 16.9. The van der Waals surface area contributed by atoms with E-state index in [1.54, 1.807) is 31.4 Å². The van der Waals surface area contributed by atoms with Crippen LogP contribution in [0.1, 0.15) is 16.7 Å². The fourth-order valence-electron chi connectivity index (χ4n) is 2.95. The summed E-state index contributed by atoms with van der Waals surface area (Å²) in [6.45, 7) is 2.58. The number of rotatable bonds is 9. The number of hydrogen-bond acceptors (Lipinski definition) is 5. The molecular weight excluding hydrogens is 404 g/mol. The van der Waals surface area contributed by atoms with E-state index in [1.165, 1.54) is 6.07 Å². The van der Waals surface area contributed by atoms with E-state index in [1.807, 2.05) is 43.3 Å². The van der Waals surface area contributed by atoms with E-state index in [0.29, 0.717) is 30.1 Å². The van der Waals surface area contributed by atoms with Crippen molar-refractivity contribution in [3.05, 3.63) is 83.4 Å². The van der Waals surface area contributed by atoms with Crippen LogP contribution in [0.15, 0.2) is 71.6 Å². The van der Waals surface area contributed by atoms with Gasteiger partial charge in [0.1, 0.15) is 23.9 Å². The van der Waals surface area contributed by atoms with E-state index >= 15 is 0 Å². The molecule has 0 unspecified atom stereocenters. The molecule has 158 valence electrons. The number of hydrogen-bond donors (Lipinski definition) is 1. The average Bonchev–Trinajstić information content (AvgIpc) is 2.73. The monoisotopic (exact) mass is 428 g/mol. The largest absolute Gasteiger partial charge is 0.497 e. The quantitative estimate of drug-likeness (QED) is 0.507. The zero-order chi connectivity index (χ0) is 21.6. The van der Waals surface area contributed by atoms with Crippen LogP contribution < -0.4 is 14.2 Å². The van der Waals surface area contributed by atoms with Crippen molar-refractivity contribution in [3.63, 3.8) is 0 Å². The molecule has 0 aliphatic heterocycles. The summed E-state index contributed by atoms with van der Waals surface area (Å²) in [4.78, 5) is -0.0843. The third-order valence-electron chi connectivity index (χ3n) is 4.52. The molecule has 0 heterocycles. The summed E-state index contributed by atoms with van der Waals surface area (Å²) < 4.78 is 49.1. The average molecular weight is 429 g/mol. The minimum absolute atomic E-state index is 0.0843. The number of methoxy groups -OCH3 is 1. The Morgan fingerprint density at radius 2 is 1.43 bits per heavy atom. The Hall–Kier alpha value is -3.03. The first kappa shape index (κ1) is 21.7. The molecule has 3 aromatic carbocycles. The SMILES string of the molecule is COc1ccc(COc2ccc(OCCc3cc(C)ccc3S(=O)(=O)O)cc2)cc1. The van der Waals surface area contributed by atoms with E-state index in [9.17, 15) is 13.0 Å². The minimum Gasteiger partial charge on any atom is -0.497 e. The molecule has 0 fully saturated rings. The second-order valence-corrected chi connectivity index (χ2v) is 8.18. The predicted molar refractivity (Wildman–Crippen MR) is 114 cm³/mol. The van der Waals surface area contributed by atoms with Crippen molar-refractivity contribution in [2.45, 2.75) is 24.8 Å². The van der Waals surface area contributed by atoms with Crippen molar-refractivity contribution in [3.8, 4) is 17.2 Å². The van der Waals surface area contributed by atoms with Gasteiger partial charge >= 0.3 is 0 Å². The van der Waals surface area contributed by atoms with Gasteiger partial charge < -0.3 is 14.2 Å². The molecule has 0 saturated heterocycles. The molecule has 0 aromatic heterocycles. The lowest BCUT2D eigenvalue weighted by Crippen LogP contribution is -2.08. The van der Waals surface area contributed by atoms with E-state index in [-0.39, 0.29) is 11.5 Å². The standard InChI is InChI=1S/C23H24O6S/c1-17-3-12-23(30(24,25)26)19(15-17)13-14-28-21-8-10-22(11-9-21)29-16-18-4-6-20(27-2)7-5-18/h3-12,15H,13-14,16H2,1-2H3,(H,24,25,26). The Bertz CT molecular complexity index is 1070. The van der Waals surface area contributed by atoms with E-state index in [2.05, 4.69) is 0 Å². The lowest BCUT2D eigenvalue weighted by molar-refractivity contribution is 0.302. The molecule has 7 heteroatoms. The third kappa shape index (κ3) is 5.98. The van der Waals surface area contributed by atoms with Crippen LogP contribution in [-0.2, 0) is 23.1 Å². The molecule has 3 rings (SSSR count). The zero-order valence-corrected chi connectivity index (χ0v) is 17.7. The maximum absolute atomic E-state index is 11.5. The molecule has 30 heavy (non-hydrogen) atoms. The second-order valence-electron chi connectivity index (χ2n) is 6.79. The second kappa shape index (κ2) is 9.65. The maximum atomic E-state index is 11.5. The molecule has 6 nitrogen and oxygen atoms in total. The summed E-state index contributed by atoms with van der Waals surface area (Å²) in [5.74, 6) is 2.16. The number of aryl methyl sites for hydroxylation is 1. The highest BCUT2D eigenvalue weighted by molar-refractivity contribution is 7.85. The van der Waals surface area contributed by atoms with Crippen molar-refractivity contribution >= 4 is 10.1 Å². The van der Waals surface area contributed by atoms with Gasteiger partial charge in [0, 0.05) is 6.42 Å². The van der Waals surface area contributed by atoms with Gasteiger partial charge in [-0.15, -0.1) is 0 Å². The summed E-state index contributed by atoms with van der Waals surface area (Å²) >= 11 is 0. The van der Waals surface area contributed by atoms with E-state index in [0.717, 1.165) is 16.9 Å². The van der Waals surface area contributed by atoms with Gasteiger partial charge in [-0.3, -0.25) is 4.55 Å². The van der Waals surface area contributed by atoms with E-state index in [4.69, 9.17) is 14.2 Å². The van der Waals surface area contributed by atoms with Gasteiger partial charge in [-0.1, -0.05) is 29.8 Å². The molecule has 0 spiro atoms. The van der Waals surface area contributed by atoms with E-state index < -0.39 is 10.1 Å². The normalized spacial score (nSPS) is 11.2. The number of ether oxygens (including phenoxy) is 3. The van der Waals surface area contributed by atoms with Gasteiger partial charge in [-0.25, -0.2) is 0 Å². The molecule has 0 aliphatic rings. The maximum Gasteiger partial charge on any atom is 0.294 e. The first-order chi connectivity index (χ1) is 14.3. The lowest BCUT2D eigenvalue weighted by atomic mass is 10.1. The highest BCUT2D eigenvalue weighted by atomic mass is 32.2.